The van der Waals surface area contributed by atoms with Gasteiger partial charge in [-0.2, -0.15) is 5.26 Å². The topological polar surface area (TPSA) is 56.3 Å². The predicted molar refractivity (Wildman–Crippen MR) is 79.8 cm³/mol. The smallest absolute Gasteiger partial charge is 0.101 e. The normalized spacial score (nSPS) is 25.5. The highest BCUT2D eigenvalue weighted by molar-refractivity contribution is 5.00. The molecule has 0 aromatic heterocycles. The summed E-state index contributed by atoms with van der Waals surface area (Å²) in [4.78, 5) is 5.07. The molecule has 0 radical (unpaired) electrons. The van der Waals surface area contributed by atoms with E-state index in [1.165, 1.54) is 32.5 Å². The molecule has 4 nitrogen and oxygen atoms in total. The molecule has 4 heteroatoms. The SMILES string of the molecule is CCC1CN(C)CCCN1CCCCC(C)(N)C#N. The van der Waals surface area contributed by atoms with Crippen molar-refractivity contribution in [1.82, 2.24) is 9.80 Å². The van der Waals surface area contributed by atoms with Gasteiger partial charge in [0.1, 0.15) is 5.54 Å². The third-order valence-corrected chi connectivity index (χ3v) is 4.14. The minimum Gasteiger partial charge on any atom is -0.314 e. The molecule has 19 heavy (non-hydrogen) atoms. The van der Waals surface area contributed by atoms with E-state index in [1.807, 2.05) is 6.92 Å². The van der Waals surface area contributed by atoms with Gasteiger partial charge in [-0.25, -0.2) is 0 Å². The van der Waals surface area contributed by atoms with Gasteiger partial charge in [0.2, 0.25) is 0 Å². The van der Waals surface area contributed by atoms with Crippen LogP contribution in [0.25, 0.3) is 0 Å². The average molecular weight is 266 g/mol. The van der Waals surface area contributed by atoms with Gasteiger partial charge < -0.3 is 10.6 Å². The highest BCUT2D eigenvalue weighted by Crippen LogP contribution is 2.15. The minimum absolute atomic E-state index is 0.650. The molecule has 0 aliphatic carbocycles. The first-order valence-corrected chi connectivity index (χ1v) is 7.61. The lowest BCUT2D eigenvalue weighted by Gasteiger charge is -2.30. The number of rotatable bonds is 6. The second kappa shape index (κ2) is 7.84. The Morgan fingerprint density at radius 1 is 1.37 bits per heavy atom. The van der Waals surface area contributed by atoms with Gasteiger partial charge in [-0.15, -0.1) is 0 Å². The van der Waals surface area contributed by atoms with Crippen molar-refractivity contribution in [3.8, 4) is 6.07 Å². The fourth-order valence-electron chi connectivity index (χ4n) is 2.84. The van der Waals surface area contributed by atoms with Crippen LogP contribution in [0.2, 0.25) is 0 Å². The van der Waals surface area contributed by atoms with Crippen LogP contribution in [-0.4, -0.2) is 54.6 Å². The summed E-state index contributed by atoms with van der Waals surface area (Å²) in [6, 6.07) is 2.86. The van der Waals surface area contributed by atoms with Crippen molar-refractivity contribution in [3.05, 3.63) is 0 Å². The van der Waals surface area contributed by atoms with Crippen LogP contribution in [0, 0.1) is 11.3 Å². The van der Waals surface area contributed by atoms with Crippen LogP contribution < -0.4 is 5.73 Å². The number of nitrogens with two attached hydrogens (primary N) is 1. The van der Waals surface area contributed by atoms with Gasteiger partial charge in [0.25, 0.3) is 0 Å². The monoisotopic (exact) mass is 266 g/mol. The molecule has 0 aromatic carbocycles. The van der Waals surface area contributed by atoms with Crippen LogP contribution in [0.4, 0.5) is 0 Å². The number of likely N-dealkylation sites (N-methyl/N-ethyl adjacent to an activating group) is 1. The second-order valence-electron chi connectivity index (χ2n) is 6.20. The third-order valence-electron chi connectivity index (χ3n) is 4.14. The molecule has 2 unspecified atom stereocenters. The Morgan fingerprint density at radius 2 is 2.11 bits per heavy atom. The first kappa shape index (κ1) is 16.4. The Morgan fingerprint density at radius 3 is 2.74 bits per heavy atom. The first-order valence-electron chi connectivity index (χ1n) is 7.61. The maximum Gasteiger partial charge on any atom is 0.101 e. The largest absolute Gasteiger partial charge is 0.314 e. The number of hydrogen-bond acceptors (Lipinski definition) is 4. The number of hydrogen-bond donors (Lipinski definition) is 1. The molecule has 1 aliphatic rings. The quantitative estimate of drug-likeness (QED) is 0.745. The maximum atomic E-state index is 8.90. The Bertz CT molecular complexity index is 295. The van der Waals surface area contributed by atoms with E-state index in [9.17, 15) is 0 Å². The average Bonchev–Trinajstić information content (AvgIpc) is 2.56. The fraction of sp³-hybridized carbons (Fsp3) is 0.933. The molecule has 1 fully saturated rings. The zero-order valence-corrected chi connectivity index (χ0v) is 12.9. The molecule has 0 saturated carbocycles. The summed E-state index contributed by atoms with van der Waals surface area (Å²) in [5, 5.41) is 8.90. The number of nitrogens with zero attached hydrogens (tertiary/aromatic N) is 3. The first-order chi connectivity index (χ1) is 8.98. The Kier molecular flexibility index (Phi) is 6.78. The molecule has 1 rings (SSSR count). The molecule has 110 valence electrons. The predicted octanol–water partition coefficient (Wildman–Crippen LogP) is 1.81. The molecule has 1 saturated heterocycles. The Hall–Kier alpha value is -0.630. The summed E-state index contributed by atoms with van der Waals surface area (Å²) in [6.07, 6.45) is 5.48. The van der Waals surface area contributed by atoms with Gasteiger partial charge in [0, 0.05) is 12.6 Å². The van der Waals surface area contributed by atoms with E-state index in [2.05, 4.69) is 29.8 Å². The lowest BCUT2D eigenvalue weighted by molar-refractivity contribution is 0.179. The van der Waals surface area contributed by atoms with Crippen molar-refractivity contribution in [2.75, 3.05) is 33.2 Å². The lowest BCUT2D eigenvalue weighted by Crippen LogP contribution is -2.40. The summed E-state index contributed by atoms with van der Waals surface area (Å²) in [6.45, 7) is 8.85. The van der Waals surface area contributed by atoms with Gasteiger partial charge in [-0.05, 0) is 65.7 Å². The molecule has 1 aliphatic heterocycles. The summed E-state index contributed by atoms with van der Waals surface area (Å²) < 4.78 is 0. The second-order valence-corrected chi connectivity index (χ2v) is 6.20. The number of unbranched alkanes of at least 4 members (excludes halogenated alkanes) is 1. The van der Waals surface area contributed by atoms with E-state index in [4.69, 9.17) is 11.0 Å². The molecule has 2 atom stereocenters. The van der Waals surface area contributed by atoms with Gasteiger partial charge >= 0.3 is 0 Å². The van der Waals surface area contributed by atoms with Gasteiger partial charge in [0.05, 0.1) is 6.07 Å². The summed E-state index contributed by atoms with van der Waals surface area (Å²) in [5.41, 5.74) is 5.20. The van der Waals surface area contributed by atoms with Crippen LogP contribution >= 0.6 is 0 Å². The summed E-state index contributed by atoms with van der Waals surface area (Å²) in [5.74, 6) is 0. The van der Waals surface area contributed by atoms with Crippen LogP contribution in [0.5, 0.6) is 0 Å². The standard InChI is InChI=1S/C15H30N4/c1-4-14-12-18(3)9-7-11-19(14)10-6-5-8-15(2,17)13-16/h14H,4-12,17H2,1-3H3. The van der Waals surface area contributed by atoms with Crippen LogP contribution in [0.3, 0.4) is 0 Å². The third kappa shape index (κ3) is 5.90. The molecular formula is C15H30N4. The molecule has 0 aromatic rings. The molecule has 0 spiro atoms. The lowest BCUT2D eigenvalue weighted by atomic mass is 9.98. The van der Waals surface area contributed by atoms with Gasteiger partial charge in [0.15, 0.2) is 0 Å². The maximum absolute atomic E-state index is 8.90. The van der Waals surface area contributed by atoms with Crippen LogP contribution in [-0.2, 0) is 0 Å². The van der Waals surface area contributed by atoms with Crippen molar-refractivity contribution in [1.29, 1.82) is 5.26 Å². The van der Waals surface area contributed by atoms with Crippen molar-refractivity contribution in [2.45, 2.75) is 57.5 Å². The highest BCUT2D eigenvalue weighted by atomic mass is 15.2. The Balaban J connectivity index is 2.32. The number of nitriles is 1. The van der Waals surface area contributed by atoms with E-state index in [1.54, 1.807) is 0 Å². The van der Waals surface area contributed by atoms with Crippen molar-refractivity contribution in [2.24, 2.45) is 5.73 Å². The van der Waals surface area contributed by atoms with E-state index in [0.29, 0.717) is 6.04 Å². The minimum atomic E-state index is -0.650. The highest BCUT2D eigenvalue weighted by Gasteiger charge is 2.22. The summed E-state index contributed by atoms with van der Waals surface area (Å²) >= 11 is 0. The Labute approximate surface area is 118 Å². The fourth-order valence-corrected chi connectivity index (χ4v) is 2.84. The molecule has 0 bridgehead atoms. The van der Waals surface area contributed by atoms with E-state index < -0.39 is 5.54 Å². The zero-order chi connectivity index (χ0) is 14.3. The zero-order valence-electron chi connectivity index (χ0n) is 12.9. The van der Waals surface area contributed by atoms with E-state index >= 15 is 0 Å². The van der Waals surface area contributed by atoms with E-state index in [0.717, 1.165) is 25.8 Å². The van der Waals surface area contributed by atoms with Gasteiger partial charge in [-0.1, -0.05) is 6.92 Å². The van der Waals surface area contributed by atoms with Gasteiger partial charge in [-0.3, -0.25) is 4.90 Å². The van der Waals surface area contributed by atoms with E-state index in [-0.39, 0.29) is 0 Å². The van der Waals surface area contributed by atoms with Crippen LogP contribution in [0.15, 0.2) is 0 Å². The molecule has 1 heterocycles. The van der Waals surface area contributed by atoms with Crippen LogP contribution in [0.1, 0.15) is 46.0 Å². The van der Waals surface area contributed by atoms with Crippen molar-refractivity contribution in [3.63, 3.8) is 0 Å². The molecular weight excluding hydrogens is 236 g/mol. The summed E-state index contributed by atoms with van der Waals surface area (Å²) in [7, 11) is 2.22. The van der Waals surface area contributed by atoms with Crippen molar-refractivity contribution < 1.29 is 0 Å². The molecule has 2 N–H and O–H groups in total. The molecule has 0 amide bonds. The van der Waals surface area contributed by atoms with Crippen molar-refractivity contribution >= 4 is 0 Å².